The highest BCUT2D eigenvalue weighted by molar-refractivity contribution is 6.30. The van der Waals surface area contributed by atoms with Crippen molar-refractivity contribution < 1.29 is 9.59 Å². The fourth-order valence-corrected chi connectivity index (χ4v) is 2.54. The molecule has 0 unspecified atom stereocenters. The third-order valence-corrected chi connectivity index (χ3v) is 3.87. The number of pyridine rings is 1. The quantitative estimate of drug-likeness (QED) is 0.844. The van der Waals surface area contributed by atoms with E-state index in [4.69, 9.17) is 11.6 Å². The van der Waals surface area contributed by atoms with Crippen molar-refractivity contribution in [1.82, 2.24) is 15.6 Å². The van der Waals surface area contributed by atoms with E-state index in [2.05, 4.69) is 15.6 Å². The van der Waals surface area contributed by atoms with Gasteiger partial charge in [-0.3, -0.25) is 14.6 Å². The number of nitrogens with zero attached hydrogens (tertiary/aromatic N) is 1. The molecule has 2 atom stereocenters. The van der Waals surface area contributed by atoms with Crippen molar-refractivity contribution >= 4 is 23.4 Å². The molecule has 24 heavy (non-hydrogen) atoms. The van der Waals surface area contributed by atoms with Crippen LogP contribution in [-0.2, 0) is 9.59 Å². The zero-order valence-corrected chi connectivity index (χ0v) is 14.4. The summed E-state index contributed by atoms with van der Waals surface area (Å²) >= 11 is 5.89. The first-order valence-electron chi connectivity index (χ1n) is 7.67. The number of amides is 2. The van der Waals surface area contributed by atoms with Gasteiger partial charge < -0.3 is 10.6 Å². The number of benzene rings is 1. The monoisotopic (exact) mass is 345 g/mol. The molecule has 0 aliphatic carbocycles. The van der Waals surface area contributed by atoms with Crippen LogP contribution in [0.5, 0.6) is 0 Å². The maximum absolute atomic E-state index is 12.4. The van der Waals surface area contributed by atoms with E-state index in [1.807, 2.05) is 31.2 Å². The van der Waals surface area contributed by atoms with Crippen LogP contribution in [0.2, 0.25) is 5.02 Å². The number of hydrogen-bond donors (Lipinski definition) is 2. The summed E-state index contributed by atoms with van der Waals surface area (Å²) in [6, 6.07) is 10.3. The lowest BCUT2D eigenvalue weighted by Gasteiger charge is -2.20. The summed E-state index contributed by atoms with van der Waals surface area (Å²) in [5, 5.41) is 6.35. The van der Waals surface area contributed by atoms with E-state index in [0.29, 0.717) is 5.02 Å². The van der Waals surface area contributed by atoms with Crippen molar-refractivity contribution in [2.24, 2.45) is 0 Å². The van der Waals surface area contributed by atoms with Crippen LogP contribution in [0.15, 0.2) is 48.8 Å². The second-order valence-corrected chi connectivity index (χ2v) is 6.01. The van der Waals surface area contributed by atoms with E-state index in [-0.39, 0.29) is 24.3 Å². The summed E-state index contributed by atoms with van der Waals surface area (Å²) in [7, 11) is 0. The lowest BCUT2D eigenvalue weighted by atomic mass is 10.0. The topological polar surface area (TPSA) is 71.1 Å². The molecule has 2 N–H and O–H groups in total. The number of nitrogens with one attached hydrogen (secondary N) is 2. The molecule has 2 aromatic rings. The Kier molecular flexibility index (Phi) is 6.32. The molecule has 0 saturated carbocycles. The minimum atomic E-state index is -0.399. The van der Waals surface area contributed by atoms with Gasteiger partial charge in [-0.15, -0.1) is 0 Å². The first-order chi connectivity index (χ1) is 11.5. The minimum absolute atomic E-state index is 0.135. The molecule has 2 amide bonds. The SMILES string of the molecule is CC(=O)N[C@H](CC(=O)N[C@H](C)c1ccncc1)c1ccc(Cl)cc1. The molecular weight excluding hydrogens is 326 g/mol. The molecule has 0 fully saturated rings. The number of carbonyl (C=O) groups is 2. The normalized spacial score (nSPS) is 13.0. The summed E-state index contributed by atoms with van der Waals surface area (Å²) in [6.07, 6.45) is 3.52. The van der Waals surface area contributed by atoms with Gasteiger partial charge in [-0.2, -0.15) is 0 Å². The van der Waals surface area contributed by atoms with E-state index in [9.17, 15) is 9.59 Å². The van der Waals surface area contributed by atoms with Gasteiger partial charge in [-0.25, -0.2) is 0 Å². The van der Waals surface area contributed by atoms with Gasteiger partial charge in [0.15, 0.2) is 0 Å². The average Bonchev–Trinajstić information content (AvgIpc) is 2.55. The Balaban J connectivity index is 2.04. The van der Waals surface area contributed by atoms with Gasteiger partial charge in [-0.1, -0.05) is 23.7 Å². The van der Waals surface area contributed by atoms with Crippen molar-refractivity contribution in [3.05, 3.63) is 64.9 Å². The second kappa shape index (κ2) is 8.45. The number of halogens is 1. The maximum Gasteiger partial charge on any atom is 0.222 e. The van der Waals surface area contributed by atoms with E-state index < -0.39 is 6.04 Å². The molecule has 126 valence electrons. The molecule has 1 heterocycles. The highest BCUT2D eigenvalue weighted by Gasteiger charge is 2.18. The number of aromatic nitrogens is 1. The smallest absolute Gasteiger partial charge is 0.222 e. The highest BCUT2D eigenvalue weighted by Crippen LogP contribution is 2.20. The number of hydrogen-bond acceptors (Lipinski definition) is 3. The van der Waals surface area contributed by atoms with Crippen molar-refractivity contribution in [3.8, 4) is 0 Å². The predicted octanol–water partition coefficient (Wildman–Crippen LogP) is 3.18. The van der Waals surface area contributed by atoms with Crippen LogP contribution in [-0.4, -0.2) is 16.8 Å². The van der Waals surface area contributed by atoms with Crippen LogP contribution in [0.1, 0.15) is 43.5 Å². The van der Waals surface area contributed by atoms with Gasteiger partial charge in [-0.05, 0) is 42.3 Å². The molecule has 0 radical (unpaired) electrons. The van der Waals surface area contributed by atoms with Gasteiger partial charge in [0.05, 0.1) is 18.5 Å². The van der Waals surface area contributed by atoms with E-state index in [1.165, 1.54) is 6.92 Å². The van der Waals surface area contributed by atoms with Crippen LogP contribution >= 0.6 is 11.6 Å². The van der Waals surface area contributed by atoms with Crippen molar-refractivity contribution in [2.45, 2.75) is 32.4 Å². The largest absolute Gasteiger partial charge is 0.350 e. The molecule has 2 rings (SSSR count). The molecule has 5 nitrogen and oxygen atoms in total. The summed E-state index contributed by atoms with van der Waals surface area (Å²) in [4.78, 5) is 27.8. The van der Waals surface area contributed by atoms with Crippen molar-refractivity contribution in [2.75, 3.05) is 0 Å². The highest BCUT2D eigenvalue weighted by atomic mass is 35.5. The van der Waals surface area contributed by atoms with Crippen molar-refractivity contribution in [1.29, 1.82) is 0 Å². The molecule has 0 spiro atoms. The Bertz CT molecular complexity index is 689. The Morgan fingerprint density at radius 3 is 2.25 bits per heavy atom. The Hall–Kier alpha value is -2.40. The molecule has 0 saturated heterocycles. The van der Waals surface area contributed by atoms with E-state index in [0.717, 1.165) is 11.1 Å². The van der Waals surface area contributed by atoms with Gasteiger partial charge in [0.25, 0.3) is 0 Å². The predicted molar refractivity (Wildman–Crippen MR) is 93.4 cm³/mol. The lowest BCUT2D eigenvalue weighted by molar-refractivity contribution is -0.123. The summed E-state index contributed by atoms with van der Waals surface area (Å²) in [5.74, 6) is -0.335. The maximum atomic E-state index is 12.4. The fourth-order valence-electron chi connectivity index (χ4n) is 2.41. The van der Waals surface area contributed by atoms with Crippen molar-refractivity contribution in [3.63, 3.8) is 0 Å². The van der Waals surface area contributed by atoms with Gasteiger partial charge in [0.2, 0.25) is 11.8 Å². The summed E-state index contributed by atoms with van der Waals surface area (Å²) < 4.78 is 0. The molecule has 0 aliphatic rings. The van der Waals surface area contributed by atoms with Crippen LogP contribution in [0.3, 0.4) is 0 Å². The standard InChI is InChI=1S/C18H20ClN3O2/c1-12(14-7-9-20-10-8-14)21-18(24)11-17(22-13(2)23)15-3-5-16(19)6-4-15/h3-10,12,17H,11H2,1-2H3,(H,21,24)(H,22,23)/t12-,17-/m1/s1. The van der Waals surface area contributed by atoms with Crippen LogP contribution in [0.25, 0.3) is 0 Å². The Morgan fingerprint density at radius 2 is 1.67 bits per heavy atom. The van der Waals surface area contributed by atoms with Gasteiger partial charge in [0.1, 0.15) is 0 Å². The third kappa shape index (κ3) is 5.35. The average molecular weight is 346 g/mol. The second-order valence-electron chi connectivity index (χ2n) is 5.58. The summed E-state index contributed by atoms with van der Waals surface area (Å²) in [5.41, 5.74) is 1.81. The van der Waals surface area contributed by atoms with E-state index in [1.54, 1.807) is 24.5 Å². The zero-order valence-electron chi connectivity index (χ0n) is 13.6. The first-order valence-corrected chi connectivity index (χ1v) is 8.05. The fraction of sp³-hybridized carbons (Fsp3) is 0.278. The molecular formula is C18H20ClN3O2. The molecule has 1 aromatic carbocycles. The number of carbonyl (C=O) groups excluding carboxylic acids is 2. The molecule has 0 bridgehead atoms. The lowest BCUT2D eigenvalue weighted by Crippen LogP contribution is -2.33. The third-order valence-electron chi connectivity index (χ3n) is 3.62. The summed E-state index contributed by atoms with van der Waals surface area (Å²) in [6.45, 7) is 3.34. The van der Waals surface area contributed by atoms with Crippen LogP contribution in [0, 0.1) is 0 Å². The molecule has 1 aromatic heterocycles. The number of rotatable bonds is 6. The van der Waals surface area contributed by atoms with Gasteiger partial charge in [0, 0.05) is 24.3 Å². The molecule has 6 heteroatoms. The minimum Gasteiger partial charge on any atom is -0.350 e. The first kappa shape index (κ1) is 17.9. The van der Waals surface area contributed by atoms with E-state index >= 15 is 0 Å². The van der Waals surface area contributed by atoms with Crippen LogP contribution < -0.4 is 10.6 Å². The van der Waals surface area contributed by atoms with Crippen LogP contribution in [0.4, 0.5) is 0 Å². The Morgan fingerprint density at radius 1 is 1.04 bits per heavy atom. The van der Waals surface area contributed by atoms with Gasteiger partial charge >= 0.3 is 0 Å². The zero-order chi connectivity index (χ0) is 17.5. The molecule has 0 aliphatic heterocycles. The Labute approximate surface area is 146 Å².